The summed E-state index contributed by atoms with van der Waals surface area (Å²) in [4.78, 5) is 15.9. The number of carbonyl (C=O) groups is 1. The Bertz CT molecular complexity index is 649. The number of anilines is 1. The molecule has 1 aromatic carbocycles. The van der Waals surface area contributed by atoms with Crippen LogP contribution in [0.3, 0.4) is 0 Å². The van der Waals surface area contributed by atoms with E-state index in [1.54, 1.807) is 13.0 Å². The van der Waals surface area contributed by atoms with Gasteiger partial charge < -0.3 is 5.32 Å². The van der Waals surface area contributed by atoms with Gasteiger partial charge in [-0.2, -0.15) is 0 Å². The van der Waals surface area contributed by atoms with Crippen LogP contribution in [0, 0.1) is 12.7 Å². The third kappa shape index (κ3) is 3.30. The highest BCUT2D eigenvalue weighted by Gasteiger charge is 2.09. The molecule has 0 bridgehead atoms. The van der Waals surface area contributed by atoms with Gasteiger partial charge in [-0.1, -0.05) is 11.6 Å². The van der Waals surface area contributed by atoms with Crippen molar-refractivity contribution in [1.82, 2.24) is 4.98 Å². The van der Waals surface area contributed by atoms with Gasteiger partial charge in [-0.25, -0.2) is 9.37 Å². The van der Waals surface area contributed by atoms with Crippen LogP contribution in [0.2, 0.25) is 5.15 Å². The SMILES string of the molecule is Cc1cc(C(=O)Nc2cnc(Cl)c(Br)c2)ccc1F. The number of amides is 1. The van der Waals surface area contributed by atoms with E-state index in [1.807, 2.05) is 0 Å². The van der Waals surface area contributed by atoms with Crippen LogP contribution < -0.4 is 5.32 Å². The Morgan fingerprint density at radius 1 is 1.42 bits per heavy atom. The standard InChI is InChI=1S/C13H9BrClFN2O/c1-7-4-8(2-3-11(7)16)13(19)18-9-5-10(14)12(15)17-6-9/h2-6H,1H3,(H,18,19). The largest absolute Gasteiger partial charge is 0.321 e. The van der Waals surface area contributed by atoms with E-state index in [9.17, 15) is 9.18 Å². The predicted octanol–water partition coefficient (Wildman–Crippen LogP) is 4.20. The van der Waals surface area contributed by atoms with Crippen LogP contribution >= 0.6 is 27.5 Å². The molecule has 1 N–H and O–H groups in total. The van der Waals surface area contributed by atoms with E-state index in [2.05, 4.69) is 26.2 Å². The van der Waals surface area contributed by atoms with E-state index in [0.717, 1.165) is 0 Å². The minimum atomic E-state index is -0.340. The number of aromatic nitrogens is 1. The maximum absolute atomic E-state index is 13.1. The average Bonchev–Trinajstić information content (AvgIpc) is 2.37. The minimum Gasteiger partial charge on any atom is -0.321 e. The molecular formula is C13H9BrClFN2O. The Kier molecular flexibility index (Phi) is 4.17. The van der Waals surface area contributed by atoms with Crippen LogP contribution in [0.5, 0.6) is 0 Å². The number of benzene rings is 1. The first kappa shape index (κ1) is 14.0. The van der Waals surface area contributed by atoms with Crippen molar-refractivity contribution >= 4 is 39.1 Å². The molecule has 0 aliphatic heterocycles. The summed E-state index contributed by atoms with van der Waals surface area (Å²) < 4.78 is 13.7. The van der Waals surface area contributed by atoms with Gasteiger partial charge in [-0.15, -0.1) is 0 Å². The predicted molar refractivity (Wildman–Crippen MR) is 76.0 cm³/mol. The van der Waals surface area contributed by atoms with Gasteiger partial charge in [0.1, 0.15) is 11.0 Å². The minimum absolute atomic E-state index is 0.315. The summed E-state index contributed by atoms with van der Waals surface area (Å²) in [7, 11) is 0. The van der Waals surface area contributed by atoms with E-state index < -0.39 is 0 Å². The van der Waals surface area contributed by atoms with Crippen molar-refractivity contribution in [3.8, 4) is 0 Å². The number of halogens is 3. The molecule has 1 amide bonds. The molecule has 0 spiro atoms. The summed E-state index contributed by atoms with van der Waals surface area (Å²) in [6, 6.07) is 5.82. The Morgan fingerprint density at radius 3 is 2.79 bits per heavy atom. The third-order valence-electron chi connectivity index (χ3n) is 2.47. The Morgan fingerprint density at radius 2 is 2.16 bits per heavy atom. The van der Waals surface area contributed by atoms with Gasteiger partial charge in [0.25, 0.3) is 5.91 Å². The van der Waals surface area contributed by atoms with Gasteiger partial charge >= 0.3 is 0 Å². The molecule has 6 heteroatoms. The van der Waals surface area contributed by atoms with Gasteiger partial charge in [0.15, 0.2) is 0 Å². The topological polar surface area (TPSA) is 42.0 Å². The van der Waals surface area contributed by atoms with E-state index in [1.165, 1.54) is 24.4 Å². The molecule has 1 heterocycles. The number of pyridine rings is 1. The Hall–Kier alpha value is -1.46. The molecule has 0 unspecified atom stereocenters. The molecule has 0 saturated carbocycles. The number of aryl methyl sites for hydroxylation is 1. The molecule has 0 aliphatic carbocycles. The second-order valence-electron chi connectivity index (χ2n) is 3.91. The second-order valence-corrected chi connectivity index (χ2v) is 5.13. The summed E-state index contributed by atoms with van der Waals surface area (Å²) in [6.45, 7) is 1.60. The van der Waals surface area contributed by atoms with Crippen LogP contribution in [0.15, 0.2) is 34.9 Å². The van der Waals surface area contributed by atoms with Gasteiger partial charge in [-0.05, 0) is 52.7 Å². The highest BCUT2D eigenvalue weighted by molar-refractivity contribution is 9.10. The monoisotopic (exact) mass is 342 g/mol. The fourth-order valence-corrected chi connectivity index (χ4v) is 1.93. The van der Waals surface area contributed by atoms with Crippen molar-refractivity contribution in [2.45, 2.75) is 6.92 Å². The summed E-state index contributed by atoms with van der Waals surface area (Å²) in [5.74, 6) is -0.674. The zero-order valence-electron chi connectivity index (χ0n) is 9.88. The molecule has 0 aliphatic rings. The smallest absolute Gasteiger partial charge is 0.255 e. The first-order valence-corrected chi connectivity index (χ1v) is 6.53. The third-order valence-corrected chi connectivity index (χ3v) is 3.61. The number of nitrogens with one attached hydrogen (secondary N) is 1. The molecule has 2 aromatic rings. The summed E-state index contributed by atoms with van der Waals surface area (Å²) in [5, 5.41) is 2.98. The molecular weight excluding hydrogens is 335 g/mol. The van der Waals surface area contributed by atoms with Crippen LogP contribution in [-0.4, -0.2) is 10.9 Å². The van der Waals surface area contributed by atoms with Gasteiger partial charge in [0.2, 0.25) is 0 Å². The quantitative estimate of drug-likeness (QED) is 0.831. The van der Waals surface area contributed by atoms with Crippen molar-refractivity contribution in [2.75, 3.05) is 5.32 Å². The first-order chi connectivity index (χ1) is 8.97. The molecule has 0 fully saturated rings. The fraction of sp³-hybridized carbons (Fsp3) is 0.0769. The number of rotatable bonds is 2. The number of nitrogens with zero attached hydrogens (tertiary/aromatic N) is 1. The Labute approximate surface area is 122 Å². The highest BCUT2D eigenvalue weighted by atomic mass is 79.9. The molecule has 0 radical (unpaired) electrons. The van der Waals surface area contributed by atoms with Crippen molar-refractivity contribution < 1.29 is 9.18 Å². The maximum atomic E-state index is 13.1. The summed E-state index contributed by atoms with van der Waals surface area (Å²) in [5.41, 5.74) is 1.30. The van der Waals surface area contributed by atoms with E-state index >= 15 is 0 Å². The lowest BCUT2D eigenvalue weighted by molar-refractivity contribution is 0.102. The van der Waals surface area contributed by atoms with Crippen LogP contribution in [-0.2, 0) is 0 Å². The molecule has 98 valence electrons. The normalized spacial score (nSPS) is 10.3. The number of hydrogen-bond acceptors (Lipinski definition) is 2. The van der Waals surface area contributed by atoms with Crippen molar-refractivity contribution in [2.24, 2.45) is 0 Å². The zero-order chi connectivity index (χ0) is 14.0. The van der Waals surface area contributed by atoms with Crippen LogP contribution in [0.4, 0.5) is 10.1 Å². The molecule has 1 aromatic heterocycles. The maximum Gasteiger partial charge on any atom is 0.255 e. The van der Waals surface area contributed by atoms with Gasteiger partial charge in [0.05, 0.1) is 16.4 Å². The van der Waals surface area contributed by atoms with Crippen LogP contribution in [0.1, 0.15) is 15.9 Å². The van der Waals surface area contributed by atoms with Crippen molar-refractivity contribution in [3.63, 3.8) is 0 Å². The van der Waals surface area contributed by atoms with Gasteiger partial charge in [-0.3, -0.25) is 4.79 Å². The lowest BCUT2D eigenvalue weighted by Gasteiger charge is -2.07. The van der Waals surface area contributed by atoms with E-state index in [-0.39, 0.29) is 11.7 Å². The summed E-state index contributed by atoms with van der Waals surface area (Å²) in [6.07, 6.45) is 1.45. The number of carbonyl (C=O) groups excluding carboxylic acids is 1. The lowest BCUT2D eigenvalue weighted by atomic mass is 10.1. The molecule has 3 nitrogen and oxygen atoms in total. The molecule has 2 rings (SSSR count). The van der Waals surface area contributed by atoms with Gasteiger partial charge in [0, 0.05) is 5.56 Å². The highest BCUT2D eigenvalue weighted by Crippen LogP contribution is 2.23. The number of hydrogen-bond donors (Lipinski definition) is 1. The molecule has 19 heavy (non-hydrogen) atoms. The van der Waals surface area contributed by atoms with Crippen molar-refractivity contribution in [3.05, 3.63) is 57.0 Å². The summed E-state index contributed by atoms with van der Waals surface area (Å²) >= 11 is 8.98. The zero-order valence-corrected chi connectivity index (χ0v) is 12.2. The average molecular weight is 344 g/mol. The first-order valence-electron chi connectivity index (χ1n) is 5.36. The second kappa shape index (κ2) is 5.67. The van der Waals surface area contributed by atoms with Crippen LogP contribution in [0.25, 0.3) is 0 Å². The Balaban J connectivity index is 2.20. The lowest BCUT2D eigenvalue weighted by Crippen LogP contribution is -2.12. The molecule has 0 atom stereocenters. The van der Waals surface area contributed by atoms with Crippen molar-refractivity contribution in [1.29, 1.82) is 0 Å². The van der Waals surface area contributed by atoms with E-state index in [4.69, 9.17) is 11.6 Å². The molecule has 0 saturated heterocycles. The fourth-order valence-electron chi connectivity index (χ4n) is 1.48. The van der Waals surface area contributed by atoms with E-state index in [0.29, 0.717) is 26.4 Å².